The topological polar surface area (TPSA) is 52.7 Å². The Morgan fingerprint density at radius 3 is 2.40 bits per heavy atom. The Morgan fingerprint density at radius 1 is 1.10 bits per heavy atom. The number of nitrogens with one attached hydrogen (secondary N) is 1. The molecule has 1 aromatic carbocycles. The number of rotatable bonds is 6. The SMILES string of the molecule is CCC(C)C(=O)N1Cc2ccccc2CC1C(=O)N1CCC(NCC2CC2)CC1.Cl. The summed E-state index contributed by atoms with van der Waals surface area (Å²) in [5.74, 6) is 1.09. The number of piperidine rings is 1. The normalized spacial score (nSPS) is 22.8. The lowest BCUT2D eigenvalue weighted by atomic mass is 9.91. The molecule has 166 valence electrons. The maximum absolute atomic E-state index is 13.5. The fraction of sp³-hybridized carbons (Fsp3) is 0.667. The molecule has 3 aliphatic rings. The van der Waals surface area contributed by atoms with Crippen molar-refractivity contribution < 1.29 is 9.59 Å². The Morgan fingerprint density at radius 2 is 1.77 bits per heavy atom. The van der Waals surface area contributed by atoms with Gasteiger partial charge in [0.05, 0.1) is 0 Å². The van der Waals surface area contributed by atoms with Crippen molar-refractivity contribution in [1.82, 2.24) is 15.1 Å². The molecule has 2 unspecified atom stereocenters. The van der Waals surface area contributed by atoms with Crippen LogP contribution in [0.4, 0.5) is 0 Å². The van der Waals surface area contributed by atoms with E-state index in [0.29, 0.717) is 19.0 Å². The van der Waals surface area contributed by atoms with Gasteiger partial charge in [-0.25, -0.2) is 0 Å². The molecule has 0 bridgehead atoms. The summed E-state index contributed by atoms with van der Waals surface area (Å²) >= 11 is 0. The van der Waals surface area contributed by atoms with E-state index in [0.717, 1.165) is 44.8 Å². The van der Waals surface area contributed by atoms with Crippen LogP contribution in [-0.4, -0.2) is 53.3 Å². The molecule has 0 spiro atoms. The smallest absolute Gasteiger partial charge is 0.245 e. The highest BCUT2D eigenvalue weighted by Gasteiger charge is 2.38. The quantitative estimate of drug-likeness (QED) is 0.748. The van der Waals surface area contributed by atoms with Crippen LogP contribution in [0.25, 0.3) is 0 Å². The number of hydrogen-bond donors (Lipinski definition) is 1. The summed E-state index contributed by atoms with van der Waals surface area (Å²) in [7, 11) is 0. The number of carbonyl (C=O) groups excluding carboxylic acids is 2. The minimum atomic E-state index is -0.359. The molecule has 30 heavy (non-hydrogen) atoms. The third kappa shape index (κ3) is 5.17. The Hall–Kier alpha value is -1.59. The fourth-order valence-electron chi connectivity index (χ4n) is 4.60. The molecule has 0 radical (unpaired) electrons. The first kappa shape index (κ1) is 23.1. The van der Waals surface area contributed by atoms with Crippen molar-refractivity contribution in [2.75, 3.05) is 19.6 Å². The number of fused-ring (bicyclic) bond motifs is 1. The molecule has 0 aromatic heterocycles. The molecule has 1 saturated carbocycles. The zero-order valence-corrected chi connectivity index (χ0v) is 19.1. The van der Waals surface area contributed by atoms with E-state index in [1.165, 1.54) is 24.0 Å². The van der Waals surface area contributed by atoms with Gasteiger partial charge < -0.3 is 15.1 Å². The summed E-state index contributed by atoms with van der Waals surface area (Å²) in [5.41, 5.74) is 2.39. The van der Waals surface area contributed by atoms with Gasteiger partial charge in [0.1, 0.15) is 6.04 Å². The van der Waals surface area contributed by atoms with E-state index in [2.05, 4.69) is 17.4 Å². The van der Waals surface area contributed by atoms with E-state index in [4.69, 9.17) is 0 Å². The van der Waals surface area contributed by atoms with Crippen LogP contribution in [0.5, 0.6) is 0 Å². The first-order valence-electron chi connectivity index (χ1n) is 11.5. The van der Waals surface area contributed by atoms with Crippen LogP contribution < -0.4 is 5.32 Å². The van der Waals surface area contributed by atoms with Crippen LogP contribution >= 0.6 is 12.4 Å². The number of benzene rings is 1. The third-order valence-electron chi connectivity index (χ3n) is 7.05. The van der Waals surface area contributed by atoms with E-state index >= 15 is 0 Å². The van der Waals surface area contributed by atoms with Crippen LogP contribution in [0.3, 0.4) is 0 Å². The Labute approximate surface area is 187 Å². The molecule has 4 rings (SSSR count). The van der Waals surface area contributed by atoms with Crippen molar-refractivity contribution >= 4 is 24.2 Å². The zero-order valence-electron chi connectivity index (χ0n) is 18.3. The van der Waals surface area contributed by atoms with Gasteiger partial charge in [0.2, 0.25) is 11.8 Å². The minimum Gasteiger partial charge on any atom is -0.341 e. The van der Waals surface area contributed by atoms with E-state index in [1.54, 1.807) is 0 Å². The molecule has 1 aliphatic carbocycles. The lowest BCUT2D eigenvalue weighted by Crippen LogP contribution is -2.56. The van der Waals surface area contributed by atoms with Gasteiger partial charge in [-0.2, -0.15) is 0 Å². The summed E-state index contributed by atoms with van der Waals surface area (Å²) in [6.45, 7) is 7.29. The molecule has 2 heterocycles. The Balaban J connectivity index is 0.00000256. The van der Waals surface area contributed by atoms with Gasteiger partial charge in [-0.05, 0) is 55.7 Å². The molecule has 2 atom stereocenters. The maximum atomic E-state index is 13.5. The molecule has 1 saturated heterocycles. The van der Waals surface area contributed by atoms with Gasteiger partial charge in [0.15, 0.2) is 0 Å². The predicted molar refractivity (Wildman–Crippen MR) is 122 cm³/mol. The van der Waals surface area contributed by atoms with Gasteiger partial charge >= 0.3 is 0 Å². The van der Waals surface area contributed by atoms with Gasteiger partial charge in [0, 0.05) is 38.0 Å². The van der Waals surface area contributed by atoms with Crippen molar-refractivity contribution in [3.63, 3.8) is 0 Å². The molecule has 2 fully saturated rings. The summed E-state index contributed by atoms with van der Waals surface area (Å²) in [4.78, 5) is 30.4. The first-order valence-corrected chi connectivity index (χ1v) is 11.5. The number of halogens is 1. The van der Waals surface area contributed by atoms with E-state index < -0.39 is 0 Å². The Bertz CT molecular complexity index is 744. The average molecular weight is 434 g/mol. The fourth-order valence-corrected chi connectivity index (χ4v) is 4.60. The highest BCUT2D eigenvalue weighted by molar-refractivity contribution is 5.89. The molecule has 5 nitrogen and oxygen atoms in total. The third-order valence-corrected chi connectivity index (χ3v) is 7.05. The number of likely N-dealkylation sites (tertiary alicyclic amines) is 1. The average Bonchev–Trinajstić information content (AvgIpc) is 3.60. The highest BCUT2D eigenvalue weighted by atomic mass is 35.5. The van der Waals surface area contributed by atoms with Crippen molar-refractivity contribution in [2.24, 2.45) is 11.8 Å². The van der Waals surface area contributed by atoms with Crippen molar-refractivity contribution in [3.05, 3.63) is 35.4 Å². The van der Waals surface area contributed by atoms with Crippen LogP contribution in [-0.2, 0) is 22.6 Å². The van der Waals surface area contributed by atoms with Crippen molar-refractivity contribution in [2.45, 2.75) is 71.0 Å². The lowest BCUT2D eigenvalue weighted by molar-refractivity contribution is -0.150. The van der Waals surface area contributed by atoms with Crippen molar-refractivity contribution in [1.29, 1.82) is 0 Å². The van der Waals surface area contributed by atoms with Gasteiger partial charge in [0.25, 0.3) is 0 Å². The van der Waals surface area contributed by atoms with Crippen LogP contribution in [0.2, 0.25) is 0 Å². The largest absolute Gasteiger partial charge is 0.341 e. The summed E-state index contributed by atoms with van der Waals surface area (Å²) in [6, 6.07) is 8.42. The zero-order chi connectivity index (χ0) is 20.4. The summed E-state index contributed by atoms with van der Waals surface area (Å²) in [6.07, 6.45) is 6.20. The van der Waals surface area contributed by atoms with E-state index in [9.17, 15) is 9.59 Å². The van der Waals surface area contributed by atoms with Gasteiger partial charge in [-0.1, -0.05) is 38.1 Å². The highest BCUT2D eigenvalue weighted by Crippen LogP contribution is 2.29. The molecule has 1 aromatic rings. The van der Waals surface area contributed by atoms with Crippen LogP contribution in [0.15, 0.2) is 24.3 Å². The maximum Gasteiger partial charge on any atom is 0.245 e. The number of amides is 2. The molecule has 1 N–H and O–H groups in total. The number of carbonyl (C=O) groups is 2. The minimum absolute atomic E-state index is 0. The molecular formula is C24H36ClN3O2. The standard InChI is InChI=1S/C24H35N3O2.ClH/c1-3-17(2)23(28)27-16-20-7-5-4-6-19(20)14-22(27)24(29)26-12-10-21(11-13-26)25-15-18-8-9-18;/h4-7,17-18,21-22,25H,3,8-16H2,1-2H3;1H. The van der Waals surface area contributed by atoms with Crippen molar-refractivity contribution in [3.8, 4) is 0 Å². The van der Waals surface area contributed by atoms with Gasteiger partial charge in [-0.3, -0.25) is 9.59 Å². The second-order valence-corrected chi connectivity index (χ2v) is 9.22. The number of nitrogens with zero attached hydrogens (tertiary/aromatic N) is 2. The predicted octanol–water partition coefficient (Wildman–Crippen LogP) is 3.40. The monoisotopic (exact) mass is 433 g/mol. The lowest BCUT2D eigenvalue weighted by Gasteiger charge is -2.41. The Kier molecular flexibility index (Phi) is 7.81. The number of hydrogen-bond acceptors (Lipinski definition) is 3. The molecule has 2 aliphatic heterocycles. The van der Waals surface area contributed by atoms with E-state index in [1.807, 2.05) is 35.8 Å². The molecule has 6 heteroatoms. The first-order chi connectivity index (χ1) is 14.1. The molecular weight excluding hydrogens is 398 g/mol. The van der Waals surface area contributed by atoms with E-state index in [-0.39, 0.29) is 36.2 Å². The molecule has 2 amide bonds. The summed E-state index contributed by atoms with van der Waals surface area (Å²) < 4.78 is 0. The second-order valence-electron chi connectivity index (χ2n) is 9.22. The van der Waals surface area contributed by atoms with Crippen LogP contribution in [0, 0.1) is 11.8 Å². The summed E-state index contributed by atoms with van der Waals surface area (Å²) in [5, 5.41) is 3.68. The van der Waals surface area contributed by atoms with Crippen LogP contribution in [0.1, 0.15) is 57.1 Å². The second kappa shape index (κ2) is 10.1. The van der Waals surface area contributed by atoms with Gasteiger partial charge in [-0.15, -0.1) is 12.4 Å².